The molecule has 2 aromatic heterocycles. The van der Waals surface area contributed by atoms with Gasteiger partial charge >= 0.3 is 0 Å². The number of aromatic nitrogens is 2. The lowest BCUT2D eigenvalue weighted by Crippen LogP contribution is -2.44. The summed E-state index contributed by atoms with van der Waals surface area (Å²) in [4.78, 5) is 18.6. The van der Waals surface area contributed by atoms with Crippen LogP contribution in [-0.4, -0.2) is 21.4 Å². The number of carbonyl (C=O) groups excluding carboxylic acids is 1. The average Bonchev–Trinajstić information content (AvgIpc) is 2.88. The number of ether oxygens (including phenoxy) is 1. The normalized spacial score (nSPS) is 16.6. The van der Waals surface area contributed by atoms with E-state index in [-0.39, 0.29) is 22.7 Å². The van der Waals surface area contributed by atoms with E-state index in [0.717, 1.165) is 0 Å². The van der Waals surface area contributed by atoms with Crippen molar-refractivity contribution in [3.63, 3.8) is 0 Å². The zero-order valence-electron chi connectivity index (χ0n) is 14.3. The Morgan fingerprint density at radius 2 is 1.96 bits per heavy atom. The van der Waals surface area contributed by atoms with E-state index < -0.39 is 17.7 Å². The number of anilines is 1. The Hall–Kier alpha value is -2.00. The molecule has 140 valence electrons. The van der Waals surface area contributed by atoms with Gasteiger partial charge in [0, 0.05) is 16.7 Å². The molecule has 0 spiro atoms. The first-order valence-corrected chi connectivity index (χ1v) is 9.64. The number of carbonyl (C=O) groups is 1. The summed E-state index contributed by atoms with van der Waals surface area (Å²) in [5, 5.41) is 0. The largest absolute Gasteiger partial charge is 0.476 e. The third-order valence-corrected chi connectivity index (χ3v) is 5.50. The third kappa shape index (κ3) is 3.02. The highest BCUT2D eigenvalue weighted by atomic mass is 79.9. The van der Waals surface area contributed by atoms with Gasteiger partial charge in [-0.3, -0.25) is 9.69 Å². The molecule has 0 N–H and O–H groups in total. The van der Waals surface area contributed by atoms with Crippen molar-refractivity contribution in [2.45, 2.75) is 26.5 Å². The maximum absolute atomic E-state index is 14.4. The molecule has 3 aromatic rings. The maximum Gasteiger partial charge on any atom is 0.268 e. The maximum atomic E-state index is 14.4. The molecule has 0 fully saturated rings. The predicted octanol–water partition coefficient (Wildman–Crippen LogP) is 4.76. The smallest absolute Gasteiger partial charge is 0.268 e. The highest BCUT2D eigenvalue weighted by Crippen LogP contribution is 2.39. The molecule has 1 atom stereocenters. The van der Waals surface area contributed by atoms with Gasteiger partial charge in [0.05, 0.1) is 28.1 Å². The lowest BCUT2D eigenvalue weighted by molar-refractivity contribution is -0.125. The van der Waals surface area contributed by atoms with Crippen molar-refractivity contribution < 1.29 is 18.3 Å². The molecule has 27 heavy (non-hydrogen) atoms. The van der Waals surface area contributed by atoms with Crippen LogP contribution in [0.2, 0.25) is 0 Å². The van der Waals surface area contributed by atoms with Crippen molar-refractivity contribution in [1.82, 2.24) is 9.38 Å². The van der Waals surface area contributed by atoms with Gasteiger partial charge in [0.25, 0.3) is 5.91 Å². The molecule has 0 bridgehead atoms. The second kappa shape index (κ2) is 6.56. The summed E-state index contributed by atoms with van der Waals surface area (Å²) >= 11 is 6.43. The van der Waals surface area contributed by atoms with Crippen molar-refractivity contribution in [3.05, 3.63) is 56.4 Å². The van der Waals surface area contributed by atoms with Gasteiger partial charge in [-0.2, -0.15) is 0 Å². The van der Waals surface area contributed by atoms with Crippen LogP contribution in [0.25, 0.3) is 5.65 Å². The van der Waals surface area contributed by atoms with Gasteiger partial charge in [-0.1, -0.05) is 15.9 Å². The van der Waals surface area contributed by atoms with Gasteiger partial charge in [0.2, 0.25) is 0 Å². The molecule has 1 aliphatic heterocycles. The summed E-state index contributed by atoms with van der Waals surface area (Å²) in [6.07, 6.45) is 0.744. The monoisotopic (exact) mass is 499 g/mol. The molecule has 9 heteroatoms. The first-order chi connectivity index (χ1) is 12.8. The van der Waals surface area contributed by atoms with Gasteiger partial charge in [0.1, 0.15) is 11.5 Å². The van der Waals surface area contributed by atoms with E-state index in [4.69, 9.17) is 4.74 Å². The molecule has 3 heterocycles. The first-order valence-electron chi connectivity index (χ1n) is 8.06. The molecule has 1 amide bonds. The predicted molar refractivity (Wildman–Crippen MR) is 103 cm³/mol. The Bertz CT molecular complexity index is 1100. The van der Waals surface area contributed by atoms with Crippen LogP contribution in [0.5, 0.6) is 5.75 Å². The molecule has 4 rings (SSSR count). The second-order valence-corrected chi connectivity index (χ2v) is 8.03. The number of amides is 1. The summed E-state index contributed by atoms with van der Waals surface area (Å²) in [5.41, 5.74) is 2.11. The number of benzene rings is 1. The summed E-state index contributed by atoms with van der Waals surface area (Å²) in [6.45, 7) is 3.50. The fourth-order valence-corrected chi connectivity index (χ4v) is 3.88. The highest BCUT2D eigenvalue weighted by molar-refractivity contribution is 9.10. The van der Waals surface area contributed by atoms with Crippen LogP contribution in [-0.2, 0) is 11.3 Å². The quantitative estimate of drug-likeness (QED) is 0.509. The van der Waals surface area contributed by atoms with Gasteiger partial charge in [-0.05, 0) is 41.9 Å². The molecular formula is C18H13Br2F2N3O2. The van der Waals surface area contributed by atoms with Crippen LogP contribution in [0.15, 0.2) is 33.3 Å². The van der Waals surface area contributed by atoms with Crippen LogP contribution < -0.4 is 9.64 Å². The van der Waals surface area contributed by atoms with E-state index in [1.54, 1.807) is 30.5 Å². The van der Waals surface area contributed by atoms with Crippen LogP contribution in [0.4, 0.5) is 14.5 Å². The van der Waals surface area contributed by atoms with Crippen LogP contribution >= 0.6 is 31.9 Å². The SMILES string of the molecule is Cc1nc2cc(F)c(Br)cn2c1CN1C(=O)[C@@H](C)Oc2c(F)cc(Br)cc21. The van der Waals surface area contributed by atoms with Gasteiger partial charge in [0.15, 0.2) is 17.7 Å². The molecule has 0 aliphatic carbocycles. The Morgan fingerprint density at radius 1 is 1.22 bits per heavy atom. The Balaban J connectivity index is 1.86. The zero-order valence-corrected chi connectivity index (χ0v) is 17.4. The molecule has 5 nitrogen and oxygen atoms in total. The highest BCUT2D eigenvalue weighted by Gasteiger charge is 2.34. The minimum absolute atomic E-state index is 0.0315. The fourth-order valence-electron chi connectivity index (χ4n) is 3.14. The van der Waals surface area contributed by atoms with Crippen molar-refractivity contribution in [3.8, 4) is 5.75 Å². The van der Waals surface area contributed by atoms with E-state index in [1.807, 2.05) is 0 Å². The van der Waals surface area contributed by atoms with E-state index in [1.165, 1.54) is 17.0 Å². The number of pyridine rings is 1. The van der Waals surface area contributed by atoms with Crippen molar-refractivity contribution in [1.29, 1.82) is 0 Å². The third-order valence-electron chi connectivity index (χ3n) is 4.46. The average molecular weight is 501 g/mol. The van der Waals surface area contributed by atoms with Crippen molar-refractivity contribution in [2.24, 2.45) is 0 Å². The molecular weight excluding hydrogens is 488 g/mol. The number of fused-ring (bicyclic) bond motifs is 2. The molecule has 1 aromatic carbocycles. The standard InChI is InChI=1S/C18H13Br2F2N3O2/c1-8-15(24-6-11(20)12(21)5-16(24)23-8)7-25-14-4-10(19)3-13(22)17(14)27-9(2)18(25)26/h3-6,9H,7H2,1-2H3/t9-/m1/s1. The lowest BCUT2D eigenvalue weighted by atomic mass is 10.1. The first kappa shape index (κ1) is 18.4. The molecule has 0 saturated carbocycles. The van der Waals surface area contributed by atoms with E-state index in [9.17, 15) is 13.6 Å². The van der Waals surface area contributed by atoms with E-state index in [2.05, 4.69) is 36.8 Å². The minimum Gasteiger partial charge on any atom is -0.476 e. The van der Waals surface area contributed by atoms with Gasteiger partial charge < -0.3 is 9.14 Å². The Morgan fingerprint density at radius 3 is 2.70 bits per heavy atom. The summed E-state index contributed by atoms with van der Waals surface area (Å²) in [6, 6.07) is 4.24. The van der Waals surface area contributed by atoms with Crippen molar-refractivity contribution >= 4 is 49.1 Å². The fraction of sp³-hybridized carbons (Fsp3) is 0.222. The van der Waals surface area contributed by atoms with Crippen LogP contribution in [0.3, 0.4) is 0 Å². The Kier molecular flexibility index (Phi) is 4.46. The van der Waals surface area contributed by atoms with Gasteiger partial charge in [-0.15, -0.1) is 0 Å². The Labute approximate surface area is 170 Å². The molecule has 1 aliphatic rings. The lowest BCUT2D eigenvalue weighted by Gasteiger charge is -2.33. The number of rotatable bonds is 2. The number of nitrogens with zero attached hydrogens (tertiary/aromatic N) is 3. The van der Waals surface area contributed by atoms with E-state index >= 15 is 0 Å². The summed E-state index contributed by atoms with van der Waals surface area (Å²) < 4.78 is 36.1. The molecule has 0 saturated heterocycles. The zero-order chi connectivity index (χ0) is 19.5. The van der Waals surface area contributed by atoms with Gasteiger partial charge in [-0.25, -0.2) is 13.8 Å². The topological polar surface area (TPSA) is 46.8 Å². The van der Waals surface area contributed by atoms with Crippen LogP contribution in [0.1, 0.15) is 18.3 Å². The van der Waals surface area contributed by atoms with Crippen molar-refractivity contribution in [2.75, 3.05) is 4.90 Å². The van der Waals surface area contributed by atoms with Crippen LogP contribution in [0, 0.1) is 18.6 Å². The number of hydrogen-bond donors (Lipinski definition) is 0. The number of aryl methyl sites for hydroxylation is 1. The second-order valence-electron chi connectivity index (χ2n) is 6.26. The number of hydrogen-bond acceptors (Lipinski definition) is 3. The van der Waals surface area contributed by atoms with E-state index in [0.29, 0.717) is 27.2 Å². The molecule has 0 unspecified atom stereocenters. The molecule has 0 radical (unpaired) electrons. The number of halogens is 4. The minimum atomic E-state index is -0.822. The number of imidazole rings is 1. The summed E-state index contributed by atoms with van der Waals surface area (Å²) in [5.74, 6) is -1.24. The summed E-state index contributed by atoms with van der Waals surface area (Å²) in [7, 11) is 0.